The first-order valence-electron chi connectivity index (χ1n) is 11.1. The van der Waals surface area contributed by atoms with Gasteiger partial charge in [-0.1, -0.05) is 6.07 Å². The van der Waals surface area contributed by atoms with E-state index in [0.717, 1.165) is 24.8 Å². The molecule has 1 aromatic carbocycles. The summed E-state index contributed by atoms with van der Waals surface area (Å²) in [4.78, 5) is 27.6. The third-order valence-electron chi connectivity index (χ3n) is 6.22. The van der Waals surface area contributed by atoms with Crippen molar-refractivity contribution in [3.05, 3.63) is 53.5 Å². The zero-order valence-electron chi connectivity index (χ0n) is 18.7. The molecule has 1 N–H and O–H groups in total. The van der Waals surface area contributed by atoms with Crippen molar-refractivity contribution in [1.29, 1.82) is 0 Å². The summed E-state index contributed by atoms with van der Waals surface area (Å²) in [6.45, 7) is 1.03. The minimum atomic E-state index is -3.61. The van der Waals surface area contributed by atoms with Crippen LogP contribution in [0.2, 0.25) is 0 Å². The fraction of sp³-hybridized carbons (Fsp3) is 0.478. The van der Waals surface area contributed by atoms with Gasteiger partial charge in [-0.2, -0.15) is 16.1 Å². The number of benzene rings is 1. The van der Waals surface area contributed by atoms with Crippen molar-refractivity contribution in [1.82, 2.24) is 14.5 Å². The molecule has 0 radical (unpaired) electrons. The van der Waals surface area contributed by atoms with Crippen molar-refractivity contribution >= 4 is 33.6 Å². The Hall–Kier alpha value is -2.30. The van der Waals surface area contributed by atoms with E-state index in [9.17, 15) is 18.0 Å². The lowest BCUT2D eigenvalue weighted by molar-refractivity contribution is -0.134. The molecule has 33 heavy (non-hydrogen) atoms. The number of fused-ring (bicyclic) bond motifs is 1. The topological polar surface area (TPSA) is 99.9 Å². The van der Waals surface area contributed by atoms with E-state index >= 15 is 0 Å². The average molecular weight is 492 g/mol. The molecule has 4 rings (SSSR count). The van der Waals surface area contributed by atoms with Crippen LogP contribution in [-0.2, 0) is 27.7 Å². The van der Waals surface area contributed by atoms with Crippen LogP contribution in [-0.4, -0.2) is 73.7 Å². The second-order valence-electron chi connectivity index (χ2n) is 8.30. The summed E-state index contributed by atoms with van der Waals surface area (Å²) in [6.07, 6.45) is 6.83. The minimum absolute atomic E-state index is 0.155. The monoisotopic (exact) mass is 491 g/mol. The Labute approximate surface area is 198 Å². The highest BCUT2D eigenvalue weighted by Gasteiger charge is 2.33. The van der Waals surface area contributed by atoms with Crippen LogP contribution in [0.5, 0.6) is 0 Å². The van der Waals surface area contributed by atoms with Gasteiger partial charge in [0.1, 0.15) is 6.04 Å². The standard InChI is InChI=1S/C23H29N3O5S2/c1-32-15-9-20(24-22(27)21-6-3-14-31-21)23(28)25-10-12-26(13-11-25)33(29,30)19-8-7-17-4-2-5-18(17)16-19/h3,6-8,14,16,20H,2,4-5,9-13,15H2,1H3,(H,24,27). The van der Waals surface area contributed by atoms with Crippen LogP contribution in [0.3, 0.4) is 0 Å². The molecule has 2 heterocycles. The fourth-order valence-corrected chi connectivity index (χ4v) is 6.30. The van der Waals surface area contributed by atoms with E-state index in [1.165, 1.54) is 16.1 Å². The average Bonchev–Trinajstić information content (AvgIpc) is 3.53. The fourth-order valence-electron chi connectivity index (χ4n) is 4.36. The zero-order valence-corrected chi connectivity index (χ0v) is 20.3. The molecule has 1 unspecified atom stereocenters. The number of furan rings is 1. The number of nitrogens with zero attached hydrogens (tertiary/aromatic N) is 2. The number of aryl methyl sites for hydroxylation is 2. The number of thioether (sulfide) groups is 1. The molecule has 2 aromatic rings. The van der Waals surface area contributed by atoms with E-state index in [1.807, 2.05) is 12.3 Å². The summed E-state index contributed by atoms with van der Waals surface area (Å²) in [5.41, 5.74) is 2.35. The smallest absolute Gasteiger partial charge is 0.287 e. The van der Waals surface area contributed by atoms with Crippen molar-refractivity contribution < 1.29 is 22.4 Å². The van der Waals surface area contributed by atoms with Gasteiger partial charge in [0.15, 0.2) is 5.76 Å². The Morgan fingerprint density at radius 3 is 2.58 bits per heavy atom. The number of sulfonamides is 1. The predicted octanol–water partition coefficient (Wildman–Crippen LogP) is 2.15. The maximum absolute atomic E-state index is 13.2. The first kappa shape index (κ1) is 23.8. The molecule has 0 bridgehead atoms. The molecule has 1 atom stereocenters. The van der Waals surface area contributed by atoms with E-state index in [2.05, 4.69) is 5.32 Å². The Bertz CT molecular complexity index is 1090. The van der Waals surface area contributed by atoms with Gasteiger partial charge in [0.05, 0.1) is 11.2 Å². The first-order valence-corrected chi connectivity index (χ1v) is 14.0. The third-order valence-corrected chi connectivity index (χ3v) is 8.76. The highest BCUT2D eigenvalue weighted by atomic mass is 32.2. The van der Waals surface area contributed by atoms with Gasteiger partial charge in [0, 0.05) is 26.2 Å². The third kappa shape index (κ3) is 5.28. The first-order chi connectivity index (χ1) is 15.9. The maximum Gasteiger partial charge on any atom is 0.287 e. The number of hydrogen-bond acceptors (Lipinski definition) is 6. The molecule has 1 fully saturated rings. The number of amides is 2. The van der Waals surface area contributed by atoms with E-state index < -0.39 is 22.0 Å². The van der Waals surface area contributed by atoms with Gasteiger partial charge >= 0.3 is 0 Å². The predicted molar refractivity (Wildman–Crippen MR) is 127 cm³/mol. The Kier molecular flexibility index (Phi) is 7.45. The molecule has 0 saturated carbocycles. The molecule has 8 nitrogen and oxygen atoms in total. The highest BCUT2D eigenvalue weighted by Crippen LogP contribution is 2.27. The molecule has 2 aliphatic rings. The van der Waals surface area contributed by atoms with E-state index in [-0.39, 0.29) is 37.8 Å². The van der Waals surface area contributed by atoms with Gasteiger partial charge in [-0.05, 0) is 73.1 Å². The minimum Gasteiger partial charge on any atom is -0.459 e. The second kappa shape index (κ2) is 10.3. The van der Waals surface area contributed by atoms with E-state index in [4.69, 9.17) is 4.42 Å². The maximum atomic E-state index is 13.2. The van der Waals surface area contributed by atoms with Crippen molar-refractivity contribution in [3.8, 4) is 0 Å². The molecular formula is C23H29N3O5S2. The summed E-state index contributed by atoms with van der Waals surface area (Å²) in [5, 5.41) is 2.77. The molecule has 1 aliphatic heterocycles. The van der Waals surface area contributed by atoms with Crippen LogP contribution in [0, 0.1) is 0 Å². The second-order valence-corrected chi connectivity index (χ2v) is 11.2. The Morgan fingerprint density at radius 1 is 1.12 bits per heavy atom. The van der Waals surface area contributed by atoms with Gasteiger partial charge in [-0.3, -0.25) is 9.59 Å². The number of rotatable bonds is 8. The summed E-state index contributed by atoms with van der Waals surface area (Å²) in [5.74, 6) is 0.236. The SMILES string of the molecule is CSCCC(NC(=O)c1ccco1)C(=O)N1CCN(S(=O)(=O)c2ccc3c(c2)CCC3)CC1. The van der Waals surface area contributed by atoms with Crippen molar-refractivity contribution in [2.75, 3.05) is 38.2 Å². The lowest BCUT2D eigenvalue weighted by atomic mass is 10.1. The van der Waals surface area contributed by atoms with Crippen LogP contribution in [0.1, 0.15) is 34.5 Å². The summed E-state index contributed by atoms with van der Waals surface area (Å²) in [7, 11) is -3.61. The Morgan fingerprint density at radius 2 is 1.88 bits per heavy atom. The molecule has 1 aliphatic carbocycles. The normalized spacial score (nSPS) is 17.5. The van der Waals surface area contributed by atoms with Crippen molar-refractivity contribution in [2.24, 2.45) is 0 Å². The van der Waals surface area contributed by atoms with Crippen LogP contribution in [0.15, 0.2) is 45.9 Å². The summed E-state index contributed by atoms with van der Waals surface area (Å²) >= 11 is 1.60. The zero-order chi connectivity index (χ0) is 23.4. The lowest BCUT2D eigenvalue weighted by Gasteiger charge is -2.36. The molecular weight excluding hydrogens is 462 g/mol. The lowest BCUT2D eigenvalue weighted by Crippen LogP contribution is -2.55. The van der Waals surface area contributed by atoms with Crippen LogP contribution in [0.25, 0.3) is 0 Å². The number of hydrogen-bond donors (Lipinski definition) is 1. The molecule has 1 saturated heterocycles. The van der Waals surface area contributed by atoms with Crippen LogP contribution < -0.4 is 5.32 Å². The van der Waals surface area contributed by atoms with Crippen molar-refractivity contribution in [3.63, 3.8) is 0 Å². The largest absolute Gasteiger partial charge is 0.459 e. The van der Waals surface area contributed by atoms with Gasteiger partial charge in [0.2, 0.25) is 15.9 Å². The van der Waals surface area contributed by atoms with Gasteiger partial charge in [-0.25, -0.2) is 8.42 Å². The van der Waals surface area contributed by atoms with E-state index in [0.29, 0.717) is 17.1 Å². The van der Waals surface area contributed by atoms with Gasteiger partial charge in [-0.15, -0.1) is 0 Å². The summed E-state index contributed by atoms with van der Waals surface area (Å²) < 4.78 is 32.9. The quantitative estimate of drug-likeness (QED) is 0.608. The van der Waals surface area contributed by atoms with E-state index in [1.54, 1.807) is 40.9 Å². The number of nitrogens with one attached hydrogen (secondary N) is 1. The molecule has 10 heteroatoms. The number of carbonyl (C=O) groups excluding carboxylic acids is 2. The molecule has 2 amide bonds. The highest BCUT2D eigenvalue weighted by molar-refractivity contribution is 7.98. The van der Waals surface area contributed by atoms with Gasteiger partial charge < -0.3 is 14.6 Å². The van der Waals surface area contributed by atoms with Crippen molar-refractivity contribution in [2.45, 2.75) is 36.6 Å². The van der Waals surface area contributed by atoms with Gasteiger partial charge in [0.25, 0.3) is 5.91 Å². The number of piperazine rings is 1. The molecule has 1 aromatic heterocycles. The van der Waals surface area contributed by atoms with Crippen LogP contribution >= 0.6 is 11.8 Å². The molecule has 178 valence electrons. The van der Waals surface area contributed by atoms with Crippen LogP contribution in [0.4, 0.5) is 0 Å². The summed E-state index contributed by atoms with van der Waals surface area (Å²) in [6, 6.07) is 7.90. The molecule has 0 spiro atoms. The number of carbonyl (C=O) groups is 2. The Balaban J connectivity index is 1.39.